The second kappa shape index (κ2) is 7.50. The maximum atomic E-state index is 4.79. The zero-order valence-electron chi connectivity index (χ0n) is 16.2. The Labute approximate surface area is 178 Å². The summed E-state index contributed by atoms with van der Waals surface area (Å²) in [6.07, 6.45) is 8.55. The SMILES string of the molecule is CN1/C(=C/C=C\c2cc(-c3nc4ccccc4s3)cc[n+]2C)Sc2ccccc21. The highest BCUT2D eigenvalue weighted by Gasteiger charge is 2.20. The number of hydrogen-bond acceptors (Lipinski definition) is 4. The van der Waals surface area contributed by atoms with E-state index in [1.54, 1.807) is 23.1 Å². The second-order valence-electron chi connectivity index (χ2n) is 6.93. The molecule has 0 atom stereocenters. The number of anilines is 1. The van der Waals surface area contributed by atoms with E-state index in [1.807, 2.05) is 6.07 Å². The first-order valence-corrected chi connectivity index (χ1v) is 11.1. The number of allylic oxidation sites excluding steroid dienone is 2. The maximum Gasteiger partial charge on any atom is 0.205 e. The molecule has 2 aromatic carbocycles. The fraction of sp³-hybridized carbons (Fsp3) is 0.0833. The van der Waals surface area contributed by atoms with E-state index in [2.05, 4.69) is 103 Å². The van der Waals surface area contributed by atoms with Crippen molar-refractivity contribution in [3.8, 4) is 10.6 Å². The van der Waals surface area contributed by atoms with Crippen LogP contribution in [-0.2, 0) is 7.05 Å². The highest BCUT2D eigenvalue weighted by atomic mass is 32.2. The molecular weight excluding hydrogens is 394 g/mol. The zero-order valence-corrected chi connectivity index (χ0v) is 17.9. The van der Waals surface area contributed by atoms with Gasteiger partial charge in [0.2, 0.25) is 5.69 Å². The minimum absolute atomic E-state index is 1.06. The Morgan fingerprint density at radius 1 is 1.03 bits per heavy atom. The van der Waals surface area contributed by atoms with Gasteiger partial charge < -0.3 is 4.90 Å². The number of thiazole rings is 1. The number of hydrogen-bond donors (Lipinski definition) is 0. The number of thioether (sulfide) groups is 1. The van der Waals surface area contributed by atoms with E-state index < -0.39 is 0 Å². The lowest BCUT2D eigenvalue weighted by Gasteiger charge is -2.12. The number of aryl methyl sites for hydroxylation is 1. The molecule has 5 heteroatoms. The van der Waals surface area contributed by atoms with Crippen molar-refractivity contribution in [1.29, 1.82) is 0 Å². The largest absolute Gasteiger partial charge is 0.338 e. The molecule has 0 unspecified atom stereocenters. The minimum atomic E-state index is 1.06. The number of pyridine rings is 1. The third kappa shape index (κ3) is 3.48. The summed E-state index contributed by atoms with van der Waals surface area (Å²) in [6, 6.07) is 21.1. The summed E-state index contributed by atoms with van der Waals surface area (Å²) in [5, 5.41) is 2.29. The highest BCUT2D eigenvalue weighted by Crippen LogP contribution is 2.44. The monoisotopic (exact) mass is 414 g/mol. The lowest BCUT2D eigenvalue weighted by molar-refractivity contribution is -0.673. The summed E-state index contributed by atoms with van der Waals surface area (Å²) in [4.78, 5) is 8.33. The van der Waals surface area contributed by atoms with Gasteiger partial charge in [-0.2, -0.15) is 0 Å². The predicted octanol–water partition coefficient (Wildman–Crippen LogP) is 5.88. The van der Waals surface area contributed by atoms with Gasteiger partial charge in [0.15, 0.2) is 6.20 Å². The normalized spacial score (nSPS) is 15.0. The van der Waals surface area contributed by atoms with Gasteiger partial charge >= 0.3 is 0 Å². The fourth-order valence-electron chi connectivity index (χ4n) is 3.38. The van der Waals surface area contributed by atoms with E-state index in [9.17, 15) is 0 Å². The Bertz CT molecular complexity index is 1240. The number of rotatable bonds is 3. The molecule has 0 amide bonds. The van der Waals surface area contributed by atoms with Crippen molar-refractivity contribution in [2.75, 3.05) is 11.9 Å². The van der Waals surface area contributed by atoms with Gasteiger partial charge in [0.1, 0.15) is 12.1 Å². The lowest BCUT2D eigenvalue weighted by Crippen LogP contribution is -2.30. The van der Waals surface area contributed by atoms with Gasteiger partial charge in [-0.3, -0.25) is 0 Å². The molecule has 0 spiro atoms. The molecule has 0 aliphatic carbocycles. The van der Waals surface area contributed by atoms with E-state index in [4.69, 9.17) is 4.98 Å². The summed E-state index contributed by atoms with van der Waals surface area (Å²) < 4.78 is 3.35. The Morgan fingerprint density at radius 2 is 1.86 bits per heavy atom. The minimum Gasteiger partial charge on any atom is -0.338 e. The van der Waals surface area contributed by atoms with E-state index in [0.29, 0.717) is 0 Å². The maximum absolute atomic E-state index is 4.79. The summed E-state index contributed by atoms with van der Waals surface area (Å²) in [5.74, 6) is 0. The van der Waals surface area contributed by atoms with Crippen LogP contribution in [0.3, 0.4) is 0 Å². The summed E-state index contributed by atoms with van der Waals surface area (Å²) in [5.41, 5.74) is 4.61. The van der Waals surface area contributed by atoms with Crippen LogP contribution < -0.4 is 9.47 Å². The zero-order chi connectivity index (χ0) is 19.8. The van der Waals surface area contributed by atoms with E-state index in [-0.39, 0.29) is 0 Å². The van der Waals surface area contributed by atoms with Gasteiger partial charge in [-0.15, -0.1) is 11.3 Å². The molecule has 0 saturated heterocycles. The third-order valence-corrected chi connectivity index (χ3v) is 7.28. The van der Waals surface area contributed by atoms with Crippen LogP contribution in [0, 0.1) is 0 Å². The highest BCUT2D eigenvalue weighted by molar-refractivity contribution is 8.03. The molecule has 1 aliphatic rings. The predicted molar refractivity (Wildman–Crippen MR) is 124 cm³/mol. The van der Waals surface area contributed by atoms with Gasteiger partial charge in [-0.25, -0.2) is 9.55 Å². The van der Waals surface area contributed by atoms with Crippen LogP contribution in [0.2, 0.25) is 0 Å². The molecule has 0 N–H and O–H groups in total. The van der Waals surface area contributed by atoms with Crippen LogP contribution in [0.5, 0.6) is 0 Å². The quantitative estimate of drug-likeness (QED) is 0.390. The summed E-state index contributed by atoms with van der Waals surface area (Å²) in [7, 11) is 4.19. The molecule has 0 bridgehead atoms. The molecule has 3 nitrogen and oxygen atoms in total. The Kier molecular flexibility index (Phi) is 4.70. The lowest BCUT2D eigenvalue weighted by atomic mass is 10.2. The molecule has 4 aromatic rings. The first-order chi connectivity index (χ1) is 14.2. The molecule has 1 aliphatic heterocycles. The molecule has 0 saturated carbocycles. The molecule has 5 rings (SSSR count). The van der Waals surface area contributed by atoms with Crippen molar-refractivity contribution >= 4 is 45.1 Å². The van der Waals surface area contributed by atoms with E-state index >= 15 is 0 Å². The molecule has 0 radical (unpaired) electrons. The van der Waals surface area contributed by atoms with Crippen LogP contribution >= 0.6 is 23.1 Å². The van der Waals surface area contributed by atoms with Crippen molar-refractivity contribution < 1.29 is 4.57 Å². The summed E-state index contributed by atoms with van der Waals surface area (Å²) in [6.45, 7) is 0. The van der Waals surface area contributed by atoms with Crippen molar-refractivity contribution in [3.05, 3.63) is 89.7 Å². The van der Waals surface area contributed by atoms with Gasteiger partial charge in [-0.05, 0) is 30.3 Å². The number of benzene rings is 2. The number of para-hydroxylation sites is 2. The van der Waals surface area contributed by atoms with Crippen molar-refractivity contribution in [2.45, 2.75) is 4.90 Å². The fourth-order valence-corrected chi connectivity index (χ4v) is 5.40. The number of nitrogens with zero attached hydrogens (tertiary/aromatic N) is 3. The molecule has 0 fully saturated rings. The Morgan fingerprint density at radius 3 is 2.72 bits per heavy atom. The molecule has 3 heterocycles. The second-order valence-corrected chi connectivity index (χ2v) is 9.02. The Hall–Kier alpha value is -2.89. The standard InChI is InChI=1S/C24H20N3S2/c1-26-15-14-17(24-25-19-9-3-5-11-21(19)29-24)16-18(26)8-7-13-23-27(2)20-10-4-6-12-22(20)28-23/h3-16H,1-2H3/q+1. The van der Waals surface area contributed by atoms with E-state index in [0.717, 1.165) is 21.8 Å². The van der Waals surface area contributed by atoms with Gasteiger partial charge in [0.25, 0.3) is 0 Å². The van der Waals surface area contributed by atoms with Gasteiger partial charge in [0, 0.05) is 35.7 Å². The molecule has 2 aromatic heterocycles. The van der Waals surface area contributed by atoms with Crippen molar-refractivity contribution in [3.63, 3.8) is 0 Å². The van der Waals surface area contributed by atoms with Crippen LogP contribution in [0.1, 0.15) is 5.69 Å². The van der Waals surface area contributed by atoms with Crippen LogP contribution in [0.15, 0.2) is 88.9 Å². The Balaban J connectivity index is 1.42. The molecular formula is C24H20N3S2+. The summed E-state index contributed by atoms with van der Waals surface area (Å²) >= 11 is 3.54. The van der Waals surface area contributed by atoms with Gasteiger partial charge in [0.05, 0.1) is 20.9 Å². The number of fused-ring (bicyclic) bond motifs is 2. The van der Waals surface area contributed by atoms with Crippen molar-refractivity contribution in [2.24, 2.45) is 7.05 Å². The first kappa shape index (κ1) is 18.2. The van der Waals surface area contributed by atoms with E-state index in [1.165, 1.54) is 20.3 Å². The third-order valence-electron chi connectivity index (χ3n) is 5.01. The molecule has 142 valence electrons. The van der Waals surface area contributed by atoms with Crippen LogP contribution in [0.4, 0.5) is 5.69 Å². The van der Waals surface area contributed by atoms with Crippen LogP contribution in [0.25, 0.3) is 26.9 Å². The smallest absolute Gasteiger partial charge is 0.205 e. The van der Waals surface area contributed by atoms with Crippen molar-refractivity contribution in [1.82, 2.24) is 4.98 Å². The average Bonchev–Trinajstić information content (AvgIpc) is 3.31. The van der Waals surface area contributed by atoms with Gasteiger partial charge in [-0.1, -0.05) is 42.1 Å². The molecule has 29 heavy (non-hydrogen) atoms. The average molecular weight is 415 g/mol. The van der Waals surface area contributed by atoms with Crippen LogP contribution in [-0.4, -0.2) is 12.0 Å². The topological polar surface area (TPSA) is 20.0 Å². The number of aromatic nitrogens is 2. The first-order valence-electron chi connectivity index (χ1n) is 9.44.